The van der Waals surface area contributed by atoms with Gasteiger partial charge in [0.2, 0.25) is 0 Å². The van der Waals surface area contributed by atoms with Crippen LogP contribution in [0.5, 0.6) is 0 Å². The fourth-order valence-corrected chi connectivity index (χ4v) is 3.75. The molecule has 0 aliphatic heterocycles. The predicted octanol–water partition coefficient (Wildman–Crippen LogP) is 3.05. The lowest BCUT2D eigenvalue weighted by molar-refractivity contribution is -0.144. The van der Waals surface area contributed by atoms with E-state index in [-0.39, 0.29) is 24.5 Å². The average molecular weight is 431 g/mol. The molecule has 1 aromatic carbocycles. The van der Waals surface area contributed by atoms with Crippen LogP contribution in [0.1, 0.15) is 30.5 Å². The maximum Gasteiger partial charge on any atom is 0.326 e. The first kappa shape index (κ1) is 21.8. The molecule has 0 aliphatic rings. The van der Waals surface area contributed by atoms with Gasteiger partial charge in [0.1, 0.15) is 12.4 Å². The standard InChI is InChI=1S/C21H23FN4O3S/c1-3-26-11-16(10-23-26)9-17-12-25(13-19(27)29-4-2)21(24-20(17)28)30-14-15-5-7-18(22)8-6-15/h5-8,10-12H,3-4,9,13-14H2,1-2H3. The van der Waals surface area contributed by atoms with Gasteiger partial charge in [0, 0.05) is 36.7 Å². The summed E-state index contributed by atoms with van der Waals surface area (Å²) in [6.45, 7) is 4.69. The van der Waals surface area contributed by atoms with Crippen LogP contribution in [-0.4, -0.2) is 31.9 Å². The molecule has 3 rings (SSSR count). The lowest BCUT2D eigenvalue weighted by atomic mass is 10.1. The van der Waals surface area contributed by atoms with Crippen molar-refractivity contribution in [1.29, 1.82) is 0 Å². The zero-order valence-electron chi connectivity index (χ0n) is 16.9. The molecule has 0 radical (unpaired) electrons. The first-order chi connectivity index (χ1) is 14.5. The monoisotopic (exact) mass is 430 g/mol. The average Bonchev–Trinajstić information content (AvgIpc) is 3.18. The molecule has 2 heterocycles. The molecule has 30 heavy (non-hydrogen) atoms. The molecule has 0 saturated carbocycles. The van der Waals surface area contributed by atoms with Gasteiger partial charge < -0.3 is 9.30 Å². The number of esters is 1. The second-order valence-electron chi connectivity index (χ2n) is 6.58. The number of ether oxygens (including phenoxy) is 1. The predicted molar refractivity (Wildman–Crippen MR) is 112 cm³/mol. The van der Waals surface area contributed by atoms with Crippen molar-refractivity contribution in [2.24, 2.45) is 0 Å². The van der Waals surface area contributed by atoms with Gasteiger partial charge in [0.05, 0.1) is 12.8 Å². The number of hydrogen-bond donors (Lipinski definition) is 0. The zero-order valence-corrected chi connectivity index (χ0v) is 17.7. The lowest BCUT2D eigenvalue weighted by Crippen LogP contribution is -2.23. The summed E-state index contributed by atoms with van der Waals surface area (Å²) in [6.07, 6.45) is 5.63. The molecular formula is C21H23FN4O3S. The van der Waals surface area contributed by atoms with Gasteiger partial charge in [-0.2, -0.15) is 10.1 Å². The number of aryl methyl sites for hydroxylation is 1. The minimum absolute atomic E-state index is 0.0475. The highest BCUT2D eigenvalue weighted by Crippen LogP contribution is 2.21. The van der Waals surface area contributed by atoms with Crippen molar-refractivity contribution >= 4 is 17.7 Å². The quantitative estimate of drug-likeness (QED) is 0.295. The molecule has 158 valence electrons. The van der Waals surface area contributed by atoms with E-state index in [9.17, 15) is 14.0 Å². The number of carbonyl (C=O) groups excluding carboxylic acids is 1. The van der Waals surface area contributed by atoms with Gasteiger partial charge in [-0.3, -0.25) is 14.3 Å². The third-order valence-corrected chi connectivity index (χ3v) is 5.38. The Morgan fingerprint density at radius 3 is 2.60 bits per heavy atom. The van der Waals surface area contributed by atoms with Crippen LogP contribution >= 0.6 is 11.8 Å². The van der Waals surface area contributed by atoms with E-state index in [0.29, 0.717) is 22.9 Å². The molecule has 3 aromatic rings. The molecule has 0 fully saturated rings. The Balaban J connectivity index is 1.85. The van der Waals surface area contributed by atoms with E-state index in [1.54, 1.807) is 40.7 Å². The normalized spacial score (nSPS) is 10.9. The first-order valence-corrected chi connectivity index (χ1v) is 10.6. The molecule has 2 aromatic heterocycles. The molecule has 0 spiro atoms. The van der Waals surface area contributed by atoms with E-state index in [2.05, 4.69) is 10.1 Å². The van der Waals surface area contributed by atoms with E-state index >= 15 is 0 Å². The number of benzene rings is 1. The van der Waals surface area contributed by atoms with E-state index in [4.69, 9.17) is 4.74 Å². The molecule has 0 N–H and O–H groups in total. The van der Waals surface area contributed by atoms with Gasteiger partial charge in [-0.05, 0) is 37.1 Å². The number of carbonyl (C=O) groups is 1. The molecule has 0 saturated heterocycles. The van der Waals surface area contributed by atoms with Crippen molar-refractivity contribution in [3.8, 4) is 0 Å². The fraction of sp³-hybridized carbons (Fsp3) is 0.333. The van der Waals surface area contributed by atoms with Crippen LogP contribution < -0.4 is 5.56 Å². The third kappa shape index (κ3) is 5.79. The van der Waals surface area contributed by atoms with Crippen molar-refractivity contribution in [2.75, 3.05) is 6.61 Å². The Morgan fingerprint density at radius 1 is 1.17 bits per heavy atom. The zero-order chi connectivity index (χ0) is 21.5. The minimum Gasteiger partial charge on any atom is -0.465 e. The van der Waals surface area contributed by atoms with E-state index < -0.39 is 5.97 Å². The van der Waals surface area contributed by atoms with Crippen LogP contribution in [0.4, 0.5) is 4.39 Å². The number of halogens is 1. The molecule has 0 aliphatic carbocycles. The molecule has 0 bridgehead atoms. The largest absolute Gasteiger partial charge is 0.465 e. The Bertz CT molecular complexity index is 1060. The molecule has 0 atom stereocenters. The number of nitrogens with zero attached hydrogens (tertiary/aromatic N) is 4. The fourth-order valence-electron chi connectivity index (χ4n) is 2.84. The summed E-state index contributed by atoms with van der Waals surface area (Å²) in [5.41, 5.74) is 1.90. The van der Waals surface area contributed by atoms with Crippen LogP contribution in [0, 0.1) is 5.82 Å². The SMILES string of the molecule is CCOC(=O)Cn1cc(Cc2cnn(CC)c2)c(=O)nc1SCc1ccc(F)cc1. The first-order valence-electron chi connectivity index (χ1n) is 9.63. The summed E-state index contributed by atoms with van der Waals surface area (Å²) >= 11 is 1.31. The van der Waals surface area contributed by atoms with Crippen molar-refractivity contribution in [1.82, 2.24) is 19.3 Å². The van der Waals surface area contributed by atoms with Crippen LogP contribution in [0.25, 0.3) is 0 Å². The van der Waals surface area contributed by atoms with Crippen LogP contribution in [0.3, 0.4) is 0 Å². The van der Waals surface area contributed by atoms with Crippen LogP contribution in [0.15, 0.2) is 52.8 Å². The van der Waals surface area contributed by atoms with Gasteiger partial charge in [-0.1, -0.05) is 23.9 Å². The van der Waals surface area contributed by atoms with Crippen LogP contribution in [-0.2, 0) is 34.8 Å². The summed E-state index contributed by atoms with van der Waals surface area (Å²) in [5.74, 6) is -0.230. The number of thioether (sulfide) groups is 1. The Labute approximate surface area is 177 Å². The number of aromatic nitrogens is 4. The van der Waals surface area contributed by atoms with Crippen LogP contribution in [0.2, 0.25) is 0 Å². The highest BCUT2D eigenvalue weighted by molar-refractivity contribution is 7.98. The Morgan fingerprint density at radius 2 is 1.93 bits per heavy atom. The summed E-state index contributed by atoms with van der Waals surface area (Å²) < 4.78 is 21.6. The third-order valence-electron chi connectivity index (χ3n) is 4.32. The minimum atomic E-state index is -0.406. The highest BCUT2D eigenvalue weighted by atomic mass is 32.2. The molecule has 0 amide bonds. The van der Waals surface area contributed by atoms with Crippen molar-refractivity contribution in [3.63, 3.8) is 0 Å². The number of hydrogen-bond acceptors (Lipinski definition) is 6. The second-order valence-corrected chi connectivity index (χ2v) is 7.53. The molecule has 9 heteroatoms. The topological polar surface area (TPSA) is 79.0 Å². The van der Waals surface area contributed by atoms with E-state index in [1.807, 2.05) is 13.1 Å². The Kier molecular flexibility index (Phi) is 7.40. The smallest absolute Gasteiger partial charge is 0.326 e. The molecular weight excluding hydrogens is 407 g/mol. The Hall–Kier alpha value is -2.94. The van der Waals surface area contributed by atoms with Gasteiger partial charge >= 0.3 is 5.97 Å². The van der Waals surface area contributed by atoms with Crippen molar-refractivity contribution < 1.29 is 13.9 Å². The van der Waals surface area contributed by atoms with Gasteiger partial charge in [-0.15, -0.1) is 0 Å². The summed E-state index contributed by atoms with van der Waals surface area (Å²) in [7, 11) is 0. The second kappa shape index (κ2) is 10.2. The summed E-state index contributed by atoms with van der Waals surface area (Å²) in [5, 5.41) is 4.63. The lowest BCUT2D eigenvalue weighted by Gasteiger charge is -2.13. The maximum absolute atomic E-state index is 13.1. The highest BCUT2D eigenvalue weighted by Gasteiger charge is 2.14. The van der Waals surface area contributed by atoms with Gasteiger partial charge in [-0.25, -0.2) is 4.39 Å². The summed E-state index contributed by atoms with van der Waals surface area (Å²) in [4.78, 5) is 28.9. The number of rotatable bonds is 9. The maximum atomic E-state index is 13.1. The molecule has 7 nitrogen and oxygen atoms in total. The molecule has 0 unspecified atom stereocenters. The van der Waals surface area contributed by atoms with Crippen molar-refractivity contribution in [3.05, 3.63) is 75.7 Å². The summed E-state index contributed by atoms with van der Waals surface area (Å²) in [6, 6.07) is 6.12. The van der Waals surface area contributed by atoms with E-state index in [1.165, 1.54) is 23.9 Å². The van der Waals surface area contributed by atoms with Crippen molar-refractivity contribution in [2.45, 2.75) is 44.3 Å². The van der Waals surface area contributed by atoms with Gasteiger partial charge in [0.15, 0.2) is 5.16 Å². The van der Waals surface area contributed by atoms with E-state index in [0.717, 1.165) is 17.7 Å². The van der Waals surface area contributed by atoms with Gasteiger partial charge in [0.25, 0.3) is 5.56 Å².